The summed E-state index contributed by atoms with van der Waals surface area (Å²) < 4.78 is 5.27. The second-order valence-corrected chi connectivity index (χ2v) is 7.79. The smallest absolute Gasteiger partial charge is 0.323 e. The minimum atomic E-state index is -1.03. The first kappa shape index (κ1) is 20.3. The van der Waals surface area contributed by atoms with Gasteiger partial charge in [0.25, 0.3) is 0 Å². The van der Waals surface area contributed by atoms with Crippen LogP contribution in [0.15, 0.2) is 18.2 Å². The maximum Gasteiger partial charge on any atom is 0.323 e. The summed E-state index contributed by atoms with van der Waals surface area (Å²) in [6.07, 6.45) is 2.13. The first-order valence-corrected chi connectivity index (χ1v) is 9.61. The van der Waals surface area contributed by atoms with Crippen molar-refractivity contribution in [1.82, 2.24) is 4.90 Å². The zero-order valence-electron chi connectivity index (χ0n) is 15.4. The molecule has 0 fully saturated rings. The topological polar surface area (TPSA) is 83.9 Å². The number of amides is 1. The third kappa shape index (κ3) is 5.24. The molecule has 1 aliphatic carbocycles. The highest BCUT2D eigenvalue weighted by Gasteiger charge is 2.32. The lowest BCUT2D eigenvalue weighted by Crippen LogP contribution is -2.48. The zero-order chi connectivity index (χ0) is 19.3. The molecule has 0 aliphatic heterocycles. The van der Waals surface area contributed by atoms with Crippen LogP contribution in [0.1, 0.15) is 31.4 Å². The van der Waals surface area contributed by atoms with Crippen molar-refractivity contribution in [2.75, 3.05) is 19.4 Å². The van der Waals surface area contributed by atoms with Crippen molar-refractivity contribution in [2.24, 2.45) is 5.92 Å². The van der Waals surface area contributed by atoms with E-state index in [0.717, 1.165) is 35.9 Å². The standard InChI is InChI=1S/C19H25NO5S/c1-12(11-26-13(2)21)19(24)20(10-18(22)23)16-6-4-14-5-7-17(25-3)9-15(14)8-16/h5,7,9,12,16H,4,6,8,10-11H2,1-3H3,(H,22,23). The minimum Gasteiger partial charge on any atom is -0.497 e. The van der Waals surface area contributed by atoms with Crippen LogP contribution in [0.25, 0.3) is 0 Å². The van der Waals surface area contributed by atoms with Gasteiger partial charge in [-0.05, 0) is 42.5 Å². The molecule has 0 bridgehead atoms. The molecule has 0 aromatic heterocycles. The van der Waals surface area contributed by atoms with Crippen LogP contribution in [-0.2, 0) is 27.2 Å². The maximum absolute atomic E-state index is 12.8. The lowest BCUT2D eigenvalue weighted by molar-refractivity contribution is -0.148. The molecule has 0 radical (unpaired) electrons. The van der Waals surface area contributed by atoms with Crippen LogP contribution in [0.2, 0.25) is 0 Å². The summed E-state index contributed by atoms with van der Waals surface area (Å²) in [6, 6.07) is 5.74. The van der Waals surface area contributed by atoms with Gasteiger partial charge in [0.05, 0.1) is 7.11 Å². The van der Waals surface area contributed by atoms with Gasteiger partial charge in [0, 0.05) is 24.6 Å². The van der Waals surface area contributed by atoms with E-state index >= 15 is 0 Å². The average molecular weight is 379 g/mol. The van der Waals surface area contributed by atoms with Gasteiger partial charge in [-0.1, -0.05) is 24.8 Å². The van der Waals surface area contributed by atoms with Gasteiger partial charge in [-0.3, -0.25) is 14.4 Å². The summed E-state index contributed by atoms with van der Waals surface area (Å²) in [5.74, 6) is -0.526. The van der Waals surface area contributed by atoms with Crippen LogP contribution in [-0.4, -0.2) is 52.4 Å². The average Bonchev–Trinajstić information content (AvgIpc) is 2.62. The molecule has 26 heavy (non-hydrogen) atoms. The minimum absolute atomic E-state index is 0.0480. The molecule has 1 N–H and O–H groups in total. The van der Waals surface area contributed by atoms with Crippen LogP contribution in [0.5, 0.6) is 5.75 Å². The van der Waals surface area contributed by atoms with E-state index in [1.165, 1.54) is 17.4 Å². The maximum atomic E-state index is 12.8. The highest BCUT2D eigenvalue weighted by atomic mass is 32.2. The van der Waals surface area contributed by atoms with Gasteiger partial charge >= 0.3 is 5.97 Å². The van der Waals surface area contributed by atoms with Crippen molar-refractivity contribution in [3.63, 3.8) is 0 Å². The predicted octanol–water partition coefficient (Wildman–Crippen LogP) is 2.38. The Bertz CT molecular complexity index is 691. The van der Waals surface area contributed by atoms with Crippen LogP contribution >= 0.6 is 11.8 Å². The summed E-state index contributed by atoms with van der Waals surface area (Å²) in [4.78, 5) is 36.8. The van der Waals surface area contributed by atoms with Gasteiger partial charge in [-0.25, -0.2) is 0 Å². The van der Waals surface area contributed by atoms with E-state index < -0.39 is 11.9 Å². The number of rotatable bonds is 7. The molecule has 2 unspecified atom stereocenters. The SMILES string of the molecule is COc1ccc2c(c1)CC(N(CC(=O)O)C(=O)C(C)CSC(C)=O)CC2. The number of carboxylic acid groups (broad SMARTS) is 1. The number of aryl methyl sites for hydroxylation is 1. The lowest BCUT2D eigenvalue weighted by atomic mass is 9.87. The third-order valence-electron chi connectivity index (χ3n) is 4.60. The van der Waals surface area contributed by atoms with Crippen LogP contribution in [0.3, 0.4) is 0 Å². The molecule has 2 rings (SSSR count). The summed E-state index contributed by atoms with van der Waals surface area (Å²) >= 11 is 1.09. The fraction of sp³-hybridized carbons (Fsp3) is 0.526. The van der Waals surface area contributed by atoms with E-state index in [-0.39, 0.29) is 23.6 Å². The molecule has 0 heterocycles. The predicted molar refractivity (Wildman–Crippen MR) is 100 cm³/mol. The van der Waals surface area contributed by atoms with Gasteiger partial charge in [0.1, 0.15) is 12.3 Å². The van der Waals surface area contributed by atoms with E-state index in [0.29, 0.717) is 12.2 Å². The number of fused-ring (bicyclic) bond motifs is 1. The molecule has 0 spiro atoms. The molecule has 1 amide bonds. The molecule has 1 aliphatic rings. The number of carbonyl (C=O) groups is 3. The van der Waals surface area contributed by atoms with E-state index in [2.05, 4.69) is 0 Å². The van der Waals surface area contributed by atoms with Gasteiger partial charge < -0.3 is 14.7 Å². The number of benzene rings is 1. The summed E-state index contributed by atoms with van der Waals surface area (Å²) in [6.45, 7) is 2.88. The number of methoxy groups -OCH3 is 1. The molecule has 1 aromatic rings. The molecular weight excluding hydrogens is 354 g/mol. The summed E-state index contributed by atoms with van der Waals surface area (Å²) in [7, 11) is 1.61. The second kappa shape index (κ2) is 9.07. The Hall–Kier alpha value is -2.02. The molecule has 0 saturated heterocycles. The molecule has 7 heteroatoms. The highest BCUT2D eigenvalue weighted by molar-refractivity contribution is 8.13. The third-order valence-corrected chi connectivity index (χ3v) is 5.68. The number of hydrogen-bond acceptors (Lipinski definition) is 5. The fourth-order valence-electron chi connectivity index (χ4n) is 3.24. The second-order valence-electron chi connectivity index (χ2n) is 6.59. The first-order valence-electron chi connectivity index (χ1n) is 8.63. The molecule has 6 nitrogen and oxygen atoms in total. The molecule has 1 aromatic carbocycles. The van der Waals surface area contributed by atoms with Crippen LogP contribution in [0.4, 0.5) is 0 Å². The normalized spacial score (nSPS) is 17.1. The van der Waals surface area contributed by atoms with Gasteiger partial charge in [-0.15, -0.1) is 0 Å². The van der Waals surface area contributed by atoms with E-state index in [1.807, 2.05) is 18.2 Å². The molecule has 0 saturated carbocycles. The zero-order valence-corrected chi connectivity index (χ0v) is 16.2. The Kier molecular flexibility index (Phi) is 7.08. The number of aliphatic carboxylic acids is 1. The Morgan fingerprint density at radius 2 is 2.08 bits per heavy atom. The Morgan fingerprint density at radius 1 is 1.35 bits per heavy atom. The van der Waals surface area contributed by atoms with Crippen molar-refractivity contribution >= 4 is 28.8 Å². The van der Waals surface area contributed by atoms with Crippen LogP contribution < -0.4 is 4.74 Å². The van der Waals surface area contributed by atoms with Crippen molar-refractivity contribution in [2.45, 2.75) is 39.2 Å². The summed E-state index contributed by atoms with van der Waals surface area (Å²) in [5, 5.41) is 9.22. The quantitative estimate of drug-likeness (QED) is 0.783. The van der Waals surface area contributed by atoms with Crippen LogP contribution in [0, 0.1) is 5.92 Å². The van der Waals surface area contributed by atoms with Crippen molar-refractivity contribution in [3.05, 3.63) is 29.3 Å². The largest absolute Gasteiger partial charge is 0.497 e. The summed E-state index contributed by atoms with van der Waals surface area (Å²) in [5.41, 5.74) is 2.31. The van der Waals surface area contributed by atoms with E-state index in [4.69, 9.17) is 4.74 Å². The van der Waals surface area contributed by atoms with E-state index in [1.54, 1.807) is 14.0 Å². The number of hydrogen-bond donors (Lipinski definition) is 1. The monoisotopic (exact) mass is 379 g/mol. The number of thioether (sulfide) groups is 1. The van der Waals surface area contributed by atoms with Gasteiger partial charge in [-0.2, -0.15) is 0 Å². The molecule has 2 atom stereocenters. The molecular formula is C19H25NO5S. The highest BCUT2D eigenvalue weighted by Crippen LogP contribution is 2.29. The van der Waals surface area contributed by atoms with Gasteiger partial charge in [0.2, 0.25) is 5.91 Å². The number of carbonyl (C=O) groups excluding carboxylic acids is 2. The van der Waals surface area contributed by atoms with Crippen molar-refractivity contribution in [3.8, 4) is 5.75 Å². The number of ether oxygens (including phenoxy) is 1. The number of nitrogens with zero attached hydrogens (tertiary/aromatic N) is 1. The molecule has 142 valence electrons. The Balaban J connectivity index is 2.17. The van der Waals surface area contributed by atoms with Gasteiger partial charge in [0.15, 0.2) is 5.12 Å². The fourth-order valence-corrected chi connectivity index (χ4v) is 3.86. The van der Waals surface area contributed by atoms with Crippen molar-refractivity contribution in [1.29, 1.82) is 0 Å². The lowest BCUT2D eigenvalue weighted by Gasteiger charge is -2.35. The van der Waals surface area contributed by atoms with E-state index in [9.17, 15) is 19.5 Å². The first-order chi connectivity index (χ1) is 12.3. The number of carboxylic acids is 1. The Morgan fingerprint density at radius 3 is 2.69 bits per heavy atom. The van der Waals surface area contributed by atoms with Crippen molar-refractivity contribution < 1.29 is 24.2 Å². The Labute approximate surface area is 157 Å².